The first-order chi connectivity index (χ1) is 6.22. The predicted molar refractivity (Wildman–Crippen MR) is 68.5 cm³/mol. The largest absolute Gasteiger partial charge is 0.0693 e. The van der Waals surface area contributed by atoms with Crippen molar-refractivity contribution in [3.05, 3.63) is 0 Å². The first-order valence-electron chi connectivity index (χ1n) is 6.22. The summed E-state index contributed by atoms with van der Waals surface area (Å²) in [5.74, 6) is 0. The molecule has 0 aromatic rings. The Balaban J connectivity index is 2.90. The predicted octanol–water partition coefficient (Wildman–Crippen LogP) is 4.93. The van der Waals surface area contributed by atoms with Crippen molar-refractivity contribution in [1.82, 2.24) is 0 Å². The van der Waals surface area contributed by atoms with E-state index >= 15 is 0 Å². The summed E-state index contributed by atoms with van der Waals surface area (Å²) in [6.45, 7) is 14.9. The van der Waals surface area contributed by atoms with Crippen molar-refractivity contribution in [2.75, 3.05) is 0 Å². The fourth-order valence-electron chi connectivity index (χ4n) is 3.47. The van der Waals surface area contributed by atoms with Gasteiger partial charge in [0.05, 0.1) is 0 Å². The summed E-state index contributed by atoms with van der Waals surface area (Å²) in [4.78, 5) is 0. The molecule has 1 saturated heterocycles. The van der Waals surface area contributed by atoms with Gasteiger partial charge in [0.15, 0.2) is 0 Å². The van der Waals surface area contributed by atoms with Gasteiger partial charge in [0.2, 0.25) is 0 Å². The third-order valence-corrected chi connectivity index (χ3v) is 7.93. The molecule has 1 unspecified atom stereocenters. The molecule has 14 heavy (non-hydrogen) atoms. The molecule has 1 fully saturated rings. The maximum Gasteiger partial charge on any atom is 0.0479 e. The molecule has 0 saturated carbocycles. The normalized spacial score (nSPS) is 33.0. The van der Waals surface area contributed by atoms with Crippen LogP contribution < -0.4 is 0 Å². The summed E-state index contributed by atoms with van der Waals surface area (Å²) in [5.41, 5.74) is 1.16. The molecular weight excluding hydrogens is 184 g/mol. The van der Waals surface area contributed by atoms with E-state index in [1.165, 1.54) is 19.3 Å². The maximum absolute atomic E-state index is 2.59. The Kier molecular flexibility index (Phi) is 3.21. The minimum Gasteiger partial charge on any atom is -0.0693 e. The van der Waals surface area contributed by atoms with Crippen LogP contribution in [-0.4, -0.2) is 8.07 Å². The average Bonchev–Trinajstić information content (AvgIpc) is 2.00. The van der Waals surface area contributed by atoms with Gasteiger partial charge in [0, 0.05) is 8.07 Å². The molecule has 0 nitrogen and oxygen atoms in total. The van der Waals surface area contributed by atoms with Crippen LogP contribution in [0.15, 0.2) is 0 Å². The lowest BCUT2D eigenvalue weighted by Gasteiger charge is -2.52. The third-order valence-electron chi connectivity index (χ3n) is 4.59. The van der Waals surface area contributed by atoms with Crippen molar-refractivity contribution in [2.24, 2.45) is 10.8 Å². The molecule has 0 aromatic heterocycles. The highest BCUT2D eigenvalue weighted by molar-refractivity contribution is 6.77. The van der Waals surface area contributed by atoms with E-state index in [4.69, 9.17) is 0 Å². The van der Waals surface area contributed by atoms with Gasteiger partial charge in [0.25, 0.3) is 0 Å². The molecule has 1 aliphatic rings. The monoisotopic (exact) mass is 212 g/mol. The Morgan fingerprint density at radius 1 is 1.21 bits per heavy atom. The molecule has 0 aliphatic carbocycles. The standard InChI is InChI=1S/C13H28Si/c1-7-13(12(2,3)4)9-8-10-14(5,6)11-13/h7-11H2,1-6H3. The maximum atomic E-state index is 2.59. The molecule has 1 atom stereocenters. The summed E-state index contributed by atoms with van der Waals surface area (Å²) in [7, 11) is -0.857. The molecular formula is C13H28Si. The molecule has 0 amide bonds. The van der Waals surface area contributed by atoms with Crippen molar-refractivity contribution in [3.63, 3.8) is 0 Å². The summed E-state index contributed by atoms with van der Waals surface area (Å²) in [6.07, 6.45) is 4.35. The second-order valence-electron chi connectivity index (χ2n) is 7.08. The molecule has 0 N–H and O–H groups in total. The summed E-state index contributed by atoms with van der Waals surface area (Å²) in [6, 6.07) is 3.12. The van der Waals surface area contributed by atoms with E-state index in [9.17, 15) is 0 Å². The molecule has 0 radical (unpaired) electrons. The third kappa shape index (κ3) is 2.24. The molecule has 0 aromatic carbocycles. The van der Waals surface area contributed by atoms with Crippen LogP contribution in [0.25, 0.3) is 0 Å². The number of hydrogen-bond donors (Lipinski definition) is 0. The topological polar surface area (TPSA) is 0 Å². The van der Waals surface area contributed by atoms with E-state index < -0.39 is 8.07 Å². The molecule has 0 spiro atoms. The van der Waals surface area contributed by atoms with Crippen LogP contribution in [0.2, 0.25) is 25.2 Å². The Morgan fingerprint density at radius 3 is 2.07 bits per heavy atom. The zero-order valence-electron chi connectivity index (χ0n) is 11.0. The quantitative estimate of drug-likeness (QED) is 0.541. The van der Waals surface area contributed by atoms with Gasteiger partial charge in [-0.2, -0.15) is 0 Å². The second kappa shape index (κ2) is 3.66. The Morgan fingerprint density at radius 2 is 1.79 bits per heavy atom. The lowest BCUT2D eigenvalue weighted by atomic mass is 9.63. The summed E-state index contributed by atoms with van der Waals surface area (Å²) in [5, 5.41) is 0. The van der Waals surface area contributed by atoms with E-state index in [-0.39, 0.29) is 0 Å². The van der Waals surface area contributed by atoms with Crippen LogP contribution in [0.1, 0.15) is 47.0 Å². The zero-order valence-corrected chi connectivity index (χ0v) is 12.0. The SMILES string of the molecule is CCC1(C(C)(C)C)CCC[Si](C)(C)C1. The van der Waals surface area contributed by atoms with Gasteiger partial charge < -0.3 is 0 Å². The molecule has 84 valence electrons. The van der Waals surface area contributed by atoms with E-state index in [2.05, 4.69) is 40.8 Å². The average molecular weight is 212 g/mol. The van der Waals surface area contributed by atoms with E-state index in [1.807, 2.05) is 0 Å². The fraction of sp³-hybridized carbons (Fsp3) is 1.00. The van der Waals surface area contributed by atoms with Gasteiger partial charge in [-0.15, -0.1) is 0 Å². The molecule has 1 heteroatoms. The first kappa shape index (κ1) is 12.3. The number of hydrogen-bond acceptors (Lipinski definition) is 0. The minimum atomic E-state index is -0.857. The van der Waals surface area contributed by atoms with Crippen LogP contribution >= 0.6 is 0 Å². The lowest BCUT2D eigenvalue weighted by Crippen LogP contribution is -2.46. The lowest BCUT2D eigenvalue weighted by molar-refractivity contribution is 0.0820. The Labute approximate surface area is 91.5 Å². The minimum absolute atomic E-state index is 0.506. The zero-order chi connectivity index (χ0) is 11.0. The van der Waals surface area contributed by atoms with Crippen LogP contribution in [0.4, 0.5) is 0 Å². The number of rotatable bonds is 1. The van der Waals surface area contributed by atoms with Crippen molar-refractivity contribution in [3.8, 4) is 0 Å². The van der Waals surface area contributed by atoms with Crippen LogP contribution in [-0.2, 0) is 0 Å². The van der Waals surface area contributed by atoms with Gasteiger partial charge in [-0.1, -0.05) is 65.7 Å². The van der Waals surface area contributed by atoms with Gasteiger partial charge in [-0.3, -0.25) is 0 Å². The van der Waals surface area contributed by atoms with Gasteiger partial charge in [0.1, 0.15) is 0 Å². The van der Waals surface area contributed by atoms with E-state index in [0.29, 0.717) is 10.8 Å². The Bertz CT molecular complexity index is 200. The van der Waals surface area contributed by atoms with Gasteiger partial charge in [-0.25, -0.2) is 0 Å². The molecule has 1 heterocycles. The smallest absolute Gasteiger partial charge is 0.0479 e. The second-order valence-corrected chi connectivity index (χ2v) is 12.3. The van der Waals surface area contributed by atoms with Crippen molar-refractivity contribution in [2.45, 2.75) is 72.1 Å². The fourth-order valence-corrected chi connectivity index (χ4v) is 7.57. The van der Waals surface area contributed by atoms with Crippen molar-refractivity contribution in [1.29, 1.82) is 0 Å². The van der Waals surface area contributed by atoms with Gasteiger partial charge >= 0.3 is 0 Å². The van der Waals surface area contributed by atoms with Crippen molar-refractivity contribution >= 4 is 8.07 Å². The molecule has 1 aliphatic heterocycles. The summed E-state index contributed by atoms with van der Waals surface area (Å²) >= 11 is 0. The summed E-state index contributed by atoms with van der Waals surface area (Å²) < 4.78 is 0. The first-order valence-corrected chi connectivity index (χ1v) is 9.64. The molecule has 1 rings (SSSR count). The van der Waals surface area contributed by atoms with Gasteiger partial charge in [-0.05, 0) is 17.3 Å². The van der Waals surface area contributed by atoms with E-state index in [1.54, 1.807) is 12.1 Å². The Hall–Kier alpha value is 0.217. The highest BCUT2D eigenvalue weighted by Gasteiger charge is 2.46. The van der Waals surface area contributed by atoms with E-state index in [0.717, 1.165) is 0 Å². The van der Waals surface area contributed by atoms with Crippen LogP contribution in [0, 0.1) is 10.8 Å². The van der Waals surface area contributed by atoms with Crippen LogP contribution in [0.5, 0.6) is 0 Å². The molecule has 0 bridgehead atoms. The highest BCUT2D eigenvalue weighted by atomic mass is 28.3. The highest BCUT2D eigenvalue weighted by Crippen LogP contribution is 2.54. The van der Waals surface area contributed by atoms with Crippen molar-refractivity contribution < 1.29 is 0 Å². The van der Waals surface area contributed by atoms with Crippen LogP contribution in [0.3, 0.4) is 0 Å².